The van der Waals surface area contributed by atoms with Gasteiger partial charge in [0.15, 0.2) is 11.6 Å². The molecule has 3 aromatic heterocycles. The van der Waals surface area contributed by atoms with Crippen molar-refractivity contribution in [1.29, 1.82) is 0 Å². The number of aromatic nitrogens is 5. The zero-order valence-electron chi connectivity index (χ0n) is 19.7. The van der Waals surface area contributed by atoms with Gasteiger partial charge in [0, 0.05) is 72.0 Å². The Hall–Kier alpha value is -3.49. The number of hydrogen-bond acceptors (Lipinski definition) is 7. The van der Waals surface area contributed by atoms with Crippen molar-refractivity contribution in [3.63, 3.8) is 0 Å². The van der Waals surface area contributed by atoms with E-state index in [2.05, 4.69) is 59.5 Å². The first kappa shape index (κ1) is 22.0. The second-order valence-electron chi connectivity index (χ2n) is 9.43. The molecule has 0 aliphatic carbocycles. The van der Waals surface area contributed by atoms with Crippen LogP contribution in [0.15, 0.2) is 54.7 Å². The van der Waals surface area contributed by atoms with Crippen molar-refractivity contribution < 1.29 is 0 Å². The number of rotatable bonds is 6. The van der Waals surface area contributed by atoms with Crippen molar-refractivity contribution >= 4 is 29.1 Å². The van der Waals surface area contributed by atoms with Gasteiger partial charge in [-0.15, -0.1) is 0 Å². The molecule has 1 aromatic carbocycles. The van der Waals surface area contributed by atoms with Gasteiger partial charge in [0.1, 0.15) is 11.6 Å². The summed E-state index contributed by atoms with van der Waals surface area (Å²) in [6, 6.07) is 17.3. The van der Waals surface area contributed by atoms with Crippen molar-refractivity contribution in [1.82, 2.24) is 30.0 Å². The van der Waals surface area contributed by atoms with Crippen LogP contribution in [0.1, 0.15) is 23.4 Å². The van der Waals surface area contributed by atoms with Crippen LogP contribution in [-0.4, -0.2) is 55.2 Å². The maximum absolute atomic E-state index is 6.04. The van der Waals surface area contributed by atoms with Gasteiger partial charge in [-0.2, -0.15) is 5.10 Å². The smallest absolute Gasteiger partial charge is 0.163 e. The third kappa shape index (κ3) is 4.59. The number of aryl methyl sites for hydroxylation is 2. The van der Waals surface area contributed by atoms with Crippen molar-refractivity contribution in [2.75, 3.05) is 23.3 Å². The van der Waals surface area contributed by atoms with Gasteiger partial charge in [-0.05, 0) is 50.1 Å². The number of piperazine rings is 1. The highest BCUT2D eigenvalue weighted by Crippen LogP contribution is 2.35. The lowest BCUT2D eigenvalue weighted by Crippen LogP contribution is -2.68. The van der Waals surface area contributed by atoms with Crippen molar-refractivity contribution in [2.24, 2.45) is 0 Å². The molecule has 8 nitrogen and oxygen atoms in total. The van der Waals surface area contributed by atoms with Crippen LogP contribution in [0.5, 0.6) is 0 Å². The van der Waals surface area contributed by atoms with Crippen LogP contribution in [0.4, 0.5) is 17.5 Å². The van der Waals surface area contributed by atoms with E-state index in [1.165, 1.54) is 12.0 Å². The molecule has 9 heteroatoms. The van der Waals surface area contributed by atoms with Gasteiger partial charge in [-0.1, -0.05) is 23.7 Å². The number of nitrogens with zero attached hydrogens (tertiary/aromatic N) is 6. The fourth-order valence-corrected chi connectivity index (χ4v) is 5.14. The molecule has 0 saturated carbocycles. The number of benzene rings is 1. The molecule has 35 heavy (non-hydrogen) atoms. The van der Waals surface area contributed by atoms with Crippen LogP contribution in [0.2, 0.25) is 5.02 Å². The van der Waals surface area contributed by atoms with Gasteiger partial charge in [-0.3, -0.25) is 10.00 Å². The minimum Gasteiger partial charge on any atom is -0.353 e. The molecule has 0 spiro atoms. The topological polar surface area (TPSA) is 85.9 Å². The summed E-state index contributed by atoms with van der Waals surface area (Å²) in [5, 5.41) is 11.2. The molecule has 0 amide bonds. The molecule has 4 aromatic rings. The Morgan fingerprint density at radius 2 is 1.80 bits per heavy atom. The quantitative estimate of drug-likeness (QED) is 0.407. The second-order valence-corrected chi connectivity index (χ2v) is 9.87. The third-order valence-electron chi connectivity index (χ3n) is 6.77. The van der Waals surface area contributed by atoms with Gasteiger partial charge >= 0.3 is 0 Å². The molecule has 6 heterocycles. The standard InChI is InChI=1S/C26H27ClN8/c1-16-9-23(30-24-10-17(2)32-33-24)31-26(29-16)19-5-8-25(28-12-19)34-14-21-11-22(15-34)35(21)13-18-3-6-20(27)7-4-18/h3-10,12,21-22H,11,13-15H2,1-2H3,(H2,29,30,31,32,33). The fourth-order valence-electron chi connectivity index (χ4n) is 5.01. The van der Waals surface area contributed by atoms with E-state index in [0.717, 1.165) is 53.2 Å². The van der Waals surface area contributed by atoms with E-state index in [0.29, 0.717) is 23.7 Å². The molecule has 3 saturated heterocycles. The second kappa shape index (κ2) is 8.94. The average molecular weight is 487 g/mol. The summed E-state index contributed by atoms with van der Waals surface area (Å²) in [5.41, 5.74) is 4.08. The van der Waals surface area contributed by atoms with Gasteiger partial charge in [0.25, 0.3) is 0 Å². The summed E-state index contributed by atoms with van der Waals surface area (Å²) >= 11 is 6.04. The summed E-state index contributed by atoms with van der Waals surface area (Å²) in [7, 11) is 0. The Bertz CT molecular complexity index is 1320. The number of hydrogen-bond donors (Lipinski definition) is 2. The summed E-state index contributed by atoms with van der Waals surface area (Å²) in [6.07, 6.45) is 3.13. The van der Waals surface area contributed by atoms with E-state index in [9.17, 15) is 0 Å². The Kier molecular flexibility index (Phi) is 5.62. The minimum atomic E-state index is 0.560. The predicted octanol–water partition coefficient (Wildman–Crippen LogP) is 4.74. The minimum absolute atomic E-state index is 0.560. The van der Waals surface area contributed by atoms with Crippen LogP contribution in [0.25, 0.3) is 11.4 Å². The normalized spacial score (nSPS) is 19.5. The number of piperidine rings is 1. The molecule has 0 radical (unpaired) electrons. The number of aromatic amines is 1. The Morgan fingerprint density at radius 3 is 2.49 bits per heavy atom. The van der Waals surface area contributed by atoms with Crippen molar-refractivity contribution in [2.45, 2.75) is 38.9 Å². The van der Waals surface area contributed by atoms with Gasteiger partial charge in [0.2, 0.25) is 0 Å². The van der Waals surface area contributed by atoms with E-state index in [1.54, 1.807) is 0 Å². The highest BCUT2D eigenvalue weighted by atomic mass is 35.5. The maximum Gasteiger partial charge on any atom is 0.163 e. The van der Waals surface area contributed by atoms with E-state index in [1.807, 2.05) is 44.3 Å². The lowest BCUT2D eigenvalue weighted by molar-refractivity contribution is -0.00867. The summed E-state index contributed by atoms with van der Waals surface area (Å²) in [6.45, 7) is 6.89. The summed E-state index contributed by atoms with van der Waals surface area (Å²) in [5.74, 6) is 3.09. The van der Waals surface area contributed by atoms with Gasteiger partial charge in [-0.25, -0.2) is 15.0 Å². The molecule has 2 bridgehead atoms. The van der Waals surface area contributed by atoms with Crippen LogP contribution < -0.4 is 10.2 Å². The molecule has 178 valence electrons. The van der Waals surface area contributed by atoms with Crippen LogP contribution in [0, 0.1) is 13.8 Å². The molecular formula is C26H27ClN8. The number of H-pyrrole nitrogens is 1. The lowest BCUT2D eigenvalue weighted by atomic mass is 9.86. The molecule has 3 fully saturated rings. The Labute approximate surface area is 209 Å². The van der Waals surface area contributed by atoms with Crippen molar-refractivity contribution in [3.8, 4) is 11.4 Å². The SMILES string of the molecule is Cc1cc(Nc2cc(C)[nH]n2)nc(-c2ccc(N3CC4CC(C3)N4Cc3ccc(Cl)cc3)nc2)n1. The predicted molar refractivity (Wildman–Crippen MR) is 138 cm³/mol. The number of fused-ring (bicyclic) bond motifs is 2. The summed E-state index contributed by atoms with van der Waals surface area (Å²) < 4.78 is 0. The van der Waals surface area contributed by atoms with Gasteiger partial charge < -0.3 is 10.2 Å². The van der Waals surface area contributed by atoms with Crippen molar-refractivity contribution in [3.05, 3.63) is 76.7 Å². The zero-order valence-corrected chi connectivity index (χ0v) is 20.5. The van der Waals surface area contributed by atoms with E-state index >= 15 is 0 Å². The third-order valence-corrected chi connectivity index (χ3v) is 7.02. The highest BCUT2D eigenvalue weighted by molar-refractivity contribution is 6.30. The molecule has 3 aliphatic rings. The number of halogens is 1. The first-order valence-electron chi connectivity index (χ1n) is 11.9. The molecule has 2 unspecified atom stereocenters. The Balaban J connectivity index is 1.13. The average Bonchev–Trinajstić information content (AvgIpc) is 3.27. The monoisotopic (exact) mass is 486 g/mol. The maximum atomic E-state index is 6.04. The van der Waals surface area contributed by atoms with Crippen LogP contribution in [-0.2, 0) is 6.54 Å². The lowest BCUT2D eigenvalue weighted by Gasteiger charge is -2.56. The first-order chi connectivity index (χ1) is 17.0. The highest BCUT2D eigenvalue weighted by Gasteiger charge is 2.44. The fraction of sp³-hybridized carbons (Fsp3) is 0.308. The number of nitrogens with one attached hydrogen (secondary N) is 2. The van der Waals surface area contributed by atoms with E-state index in [-0.39, 0.29) is 0 Å². The molecule has 2 atom stereocenters. The van der Waals surface area contributed by atoms with E-state index < -0.39 is 0 Å². The summed E-state index contributed by atoms with van der Waals surface area (Å²) in [4.78, 5) is 19.1. The van der Waals surface area contributed by atoms with E-state index in [4.69, 9.17) is 16.6 Å². The zero-order chi connectivity index (χ0) is 23.9. The van der Waals surface area contributed by atoms with Gasteiger partial charge in [0.05, 0.1) is 0 Å². The Morgan fingerprint density at radius 1 is 1.00 bits per heavy atom. The number of anilines is 3. The number of pyridine rings is 1. The largest absolute Gasteiger partial charge is 0.353 e. The molecule has 7 rings (SSSR count). The van der Waals surface area contributed by atoms with Crippen LogP contribution >= 0.6 is 11.6 Å². The molecule has 2 N–H and O–H groups in total. The molecular weight excluding hydrogens is 460 g/mol. The first-order valence-corrected chi connectivity index (χ1v) is 12.2. The van der Waals surface area contributed by atoms with Crippen LogP contribution in [0.3, 0.4) is 0 Å². The molecule has 3 aliphatic heterocycles.